The Morgan fingerprint density at radius 3 is 2.65 bits per heavy atom. The molecule has 1 saturated heterocycles. The molecule has 196 valence electrons. The predicted molar refractivity (Wildman–Crippen MR) is 146 cm³/mol. The zero-order chi connectivity index (χ0) is 25.9. The first kappa shape index (κ1) is 25.5. The first-order chi connectivity index (χ1) is 18.0. The van der Waals surface area contributed by atoms with Crippen molar-refractivity contribution in [2.24, 2.45) is 17.6 Å². The summed E-state index contributed by atoms with van der Waals surface area (Å²) in [4.78, 5) is 32.9. The van der Waals surface area contributed by atoms with E-state index in [-0.39, 0.29) is 23.8 Å². The quantitative estimate of drug-likeness (QED) is 0.470. The third kappa shape index (κ3) is 5.14. The minimum Gasteiger partial charge on any atom is -0.368 e. The molecule has 1 aliphatic carbocycles. The zero-order valence-corrected chi connectivity index (χ0v) is 22.0. The van der Waals surface area contributed by atoms with Gasteiger partial charge in [0.2, 0.25) is 11.8 Å². The van der Waals surface area contributed by atoms with Crippen molar-refractivity contribution in [3.05, 3.63) is 60.0 Å². The number of nitrogens with one attached hydrogen (secondary N) is 1. The number of fused-ring (bicyclic) bond motifs is 1. The minimum absolute atomic E-state index is 0.00409. The van der Waals surface area contributed by atoms with Crippen molar-refractivity contribution < 1.29 is 9.59 Å². The van der Waals surface area contributed by atoms with E-state index in [4.69, 9.17) is 5.73 Å². The molecule has 0 radical (unpaired) electrons. The fourth-order valence-corrected chi connectivity index (χ4v) is 6.57. The smallest absolute Gasteiger partial charge is 0.234 e. The van der Waals surface area contributed by atoms with Crippen LogP contribution in [-0.4, -0.2) is 45.9 Å². The van der Waals surface area contributed by atoms with Gasteiger partial charge in [-0.15, -0.1) is 0 Å². The number of amides is 2. The van der Waals surface area contributed by atoms with Crippen LogP contribution in [0.25, 0.3) is 16.6 Å². The second-order valence-corrected chi connectivity index (χ2v) is 10.8. The van der Waals surface area contributed by atoms with Crippen LogP contribution in [0.4, 0.5) is 0 Å². The summed E-state index contributed by atoms with van der Waals surface area (Å²) in [6, 6.07) is 10.1. The lowest BCUT2D eigenvalue weighted by atomic mass is 9.76. The lowest BCUT2D eigenvalue weighted by molar-refractivity contribution is -0.139. The first-order valence-electron chi connectivity index (χ1n) is 13.8. The van der Waals surface area contributed by atoms with E-state index < -0.39 is 6.04 Å². The lowest BCUT2D eigenvalue weighted by Crippen LogP contribution is -2.46. The van der Waals surface area contributed by atoms with Gasteiger partial charge in [-0.05, 0) is 75.3 Å². The average molecular weight is 502 g/mol. The van der Waals surface area contributed by atoms with Crippen molar-refractivity contribution in [1.82, 2.24) is 19.8 Å². The summed E-state index contributed by atoms with van der Waals surface area (Å²) in [5.41, 5.74) is 10.1. The van der Waals surface area contributed by atoms with Crippen LogP contribution in [0.1, 0.15) is 68.5 Å². The van der Waals surface area contributed by atoms with Gasteiger partial charge in [-0.2, -0.15) is 0 Å². The number of carbonyl (C=O) groups excluding carboxylic acids is 2. The SMILES string of the molecule is CNC(CC(C(=O)N1CCCC1c1cncc(-n2cc(C)c3ccccc32)c1)C1CCCCC1)C(N)=O. The Morgan fingerprint density at radius 2 is 1.89 bits per heavy atom. The van der Waals surface area contributed by atoms with Gasteiger partial charge < -0.3 is 20.5 Å². The highest BCUT2D eigenvalue weighted by Crippen LogP contribution is 2.39. The van der Waals surface area contributed by atoms with E-state index in [0.717, 1.165) is 61.8 Å². The lowest BCUT2D eigenvalue weighted by Gasteiger charge is -2.36. The number of aromatic nitrogens is 2. The van der Waals surface area contributed by atoms with Gasteiger partial charge in [0, 0.05) is 30.2 Å². The van der Waals surface area contributed by atoms with Gasteiger partial charge in [0.05, 0.1) is 29.5 Å². The van der Waals surface area contributed by atoms with Gasteiger partial charge in [0.1, 0.15) is 0 Å². The van der Waals surface area contributed by atoms with Crippen molar-refractivity contribution in [2.45, 2.75) is 70.4 Å². The van der Waals surface area contributed by atoms with E-state index in [1.807, 2.05) is 12.4 Å². The summed E-state index contributed by atoms with van der Waals surface area (Å²) in [6.45, 7) is 2.87. The van der Waals surface area contributed by atoms with E-state index in [9.17, 15) is 9.59 Å². The Kier molecular flexibility index (Phi) is 7.60. The summed E-state index contributed by atoms with van der Waals surface area (Å²) < 4.78 is 2.19. The van der Waals surface area contributed by atoms with Crippen LogP contribution in [0.3, 0.4) is 0 Å². The third-order valence-corrected chi connectivity index (χ3v) is 8.57. The molecule has 3 unspecified atom stereocenters. The highest BCUT2D eigenvalue weighted by molar-refractivity contribution is 5.85. The fraction of sp³-hybridized carbons (Fsp3) is 0.500. The Balaban J connectivity index is 1.44. The number of likely N-dealkylation sites (tertiary alicyclic amines) is 1. The van der Waals surface area contributed by atoms with Gasteiger partial charge in [-0.25, -0.2) is 0 Å². The molecule has 3 N–H and O–H groups in total. The Hall–Kier alpha value is -3.19. The number of benzene rings is 1. The van der Waals surface area contributed by atoms with E-state index in [2.05, 4.69) is 63.2 Å². The number of nitrogens with zero attached hydrogens (tertiary/aromatic N) is 3. The fourth-order valence-electron chi connectivity index (χ4n) is 6.57. The number of aryl methyl sites for hydroxylation is 1. The highest BCUT2D eigenvalue weighted by atomic mass is 16.2. The number of pyridine rings is 1. The van der Waals surface area contributed by atoms with Gasteiger partial charge in [-0.1, -0.05) is 37.5 Å². The van der Waals surface area contributed by atoms with E-state index in [1.165, 1.54) is 17.4 Å². The molecule has 2 aliphatic rings. The molecule has 37 heavy (non-hydrogen) atoms. The molecule has 1 aromatic carbocycles. The standard InChI is InChI=1S/C30H39N5O2/c1-20-19-35(28-12-7-6-11-24(20)28)23-15-22(17-33-18-23)27-13-8-14-34(27)30(37)25(16-26(32-2)29(31)36)21-9-4-3-5-10-21/h6-7,11-12,15,17-19,21,25-27,32H,3-5,8-10,13-14,16H2,1-2H3,(H2,31,36). The maximum Gasteiger partial charge on any atom is 0.234 e. The van der Waals surface area contributed by atoms with Gasteiger partial charge in [-0.3, -0.25) is 14.6 Å². The summed E-state index contributed by atoms with van der Waals surface area (Å²) in [5.74, 6) is -0.113. The van der Waals surface area contributed by atoms with Crippen molar-refractivity contribution in [3.8, 4) is 5.69 Å². The van der Waals surface area contributed by atoms with Crippen LogP contribution in [0.2, 0.25) is 0 Å². The number of carbonyl (C=O) groups is 2. The second-order valence-electron chi connectivity index (χ2n) is 10.8. The van der Waals surface area contributed by atoms with E-state index in [0.29, 0.717) is 12.3 Å². The van der Waals surface area contributed by atoms with Crippen LogP contribution >= 0.6 is 0 Å². The minimum atomic E-state index is -0.493. The molecule has 0 bridgehead atoms. The first-order valence-corrected chi connectivity index (χ1v) is 13.8. The van der Waals surface area contributed by atoms with Crippen molar-refractivity contribution >= 4 is 22.7 Å². The Labute approximate surface area is 219 Å². The molecule has 7 heteroatoms. The predicted octanol–water partition coefficient (Wildman–Crippen LogP) is 4.66. The molecule has 2 aromatic heterocycles. The Morgan fingerprint density at radius 1 is 1.11 bits per heavy atom. The van der Waals surface area contributed by atoms with Crippen molar-refractivity contribution in [3.63, 3.8) is 0 Å². The molecule has 3 aromatic rings. The summed E-state index contributed by atoms with van der Waals surface area (Å²) >= 11 is 0. The van der Waals surface area contributed by atoms with E-state index in [1.54, 1.807) is 7.05 Å². The van der Waals surface area contributed by atoms with Gasteiger partial charge >= 0.3 is 0 Å². The number of para-hydroxylation sites is 1. The summed E-state index contributed by atoms with van der Waals surface area (Å²) in [7, 11) is 1.75. The van der Waals surface area contributed by atoms with Gasteiger partial charge in [0.15, 0.2) is 0 Å². The van der Waals surface area contributed by atoms with Crippen LogP contribution in [0, 0.1) is 18.8 Å². The molecule has 7 nitrogen and oxygen atoms in total. The normalized spacial score (nSPS) is 20.3. The molecular weight excluding hydrogens is 462 g/mol. The second kappa shape index (κ2) is 11.1. The molecule has 2 fully saturated rings. The number of primary amides is 1. The van der Waals surface area contributed by atoms with Crippen LogP contribution in [0.5, 0.6) is 0 Å². The van der Waals surface area contributed by atoms with Crippen LogP contribution < -0.4 is 11.1 Å². The molecule has 3 atom stereocenters. The van der Waals surface area contributed by atoms with E-state index >= 15 is 0 Å². The average Bonchev–Trinajstić information content (AvgIpc) is 3.55. The molecule has 5 rings (SSSR count). The molecule has 3 heterocycles. The molecule has 1 aliphatic heterocycles. The topological polar surface area (TPSA) is 93.2 Å². The van der Waals surface area contributed by atoms with Crippen LogP contribution in [0.15, 0.2) is 48.9 Å². The molecule has 2 amide bonds. The number of rotatable bonds is 8. The van der Waals surface area contributed by atoms with Gasteiger partial charge in [0.25, 0.3) is 0 Å². The largest absolute Gasteiger partial charge is 0.368 e. The third-order valence-electron chi connectivity index (χ3n) is 8.57. The Bertz CT molecular complexity index is 1260. The number of hydrogen-bond donors (Lipinski definition) is 2. The number of nitrogens with two attached hydrogens (primary N) is 1. The van der Waals surface area contributed by atoms with Crippen LogP contribution in [-0.2, 0) is 9.59 Å². The molecule has 0 spiro atoms. The number of hydrogen-bond acceptors (Lipinski definition) is 4. The summed E-state index contributed by atoms with van der Waals surface area (Å²) in [6.07, 6.45) is 13.9. The summed E-state index contributed by atoms with van der Waals surface area (Å²) in [5, 5.41) is 4.27. The monoisotopic (exact) mass is 501 g/mol. The molecular formula is C30H39N5O2. The van der Waals surface area contributed by atoms with Crippen molar-refractivity contribution in [1.29, 1.82) is 0 Å². The maximum absolute atomic E-state index is 14.2. The maximum atomic E-state index is 14.2. The molecule has 1 saturated carbocycles. The number of likely N-dealkylation sites (N-methyl/N-ethyl adjacent to an activating group) is 1. The highest BCUT2D eigenvalue weighted by Gasteiger charge is 2.39. The zero-order valence-electron chi connectivity index (χ0n) is 22.0. The van der Waals surface area contributed by atoms with Crippen molar-refractivity contribution in [2.75, 3.05) is 13.6 Å².